The van der Waals surface area contributed by atoms with Crippen molar-refractivity contribution in [2.24, 2.45) is 5.73 Å². The SMILES string of the molecule is NCc1cc(OC(F)(F)F)nc(C=O)c1N. The molecule has 88 valence electrons. The van der Waals surface area contributed by atoms with Crippen LogP contribution in [-0.4, -0.2) is 17.6 Å². The fourth-order valence-electron chi connectivity index (χ4n) is 1.03. The monoisotopic (exact) mass is 235 g/mol. The molecule has 0 atom stereocenters. The number of carbonyl (C=O) groups excluding carboxylic acids is 1. The highest BCUT2D eigenvalue weighted by molar-refractivity contribution is 5.82. The third kappa shape index (κ3) is 2.83. The van der Waals surface area contributed by atoms with E-state index >= 15 is 0 Å². The summed E-state index contributed by atoms with van der Waals surface area (Å²) in [5.41, 5.74) is 10.5. The lowest BCUT2D eigenvalue weighted by atomic mass is 10.2. The number of pyridine rings is 1. The zero-order chi connectivity index (χ0) is 12.3. The normalized spacial score (nSPS) is 11.2. The Hall–Kier alpha value is -1.83. The molecule has 1 rings (SSSR count). The van der Waals surface area contributed by atoms with Crippen molar-refractivity contribution in [1.29, 1.82) is 0 Å². The van der Waals surface area contributed by atoms with Crippen LogP contribution in [0.15, 0.2) is 6.07 Å². The Kier molecular flexibility index (Phi) is 3.33. The van der Waals surface area contributed by atoms with Gasteiger partial charge in [0.25, 0.3) is 0 Å². The third-order valence-corrected chi connectivity index (χ3v) is 1.70. The number of rotatable bonds is 3. The van der Waals surface area contributed by atoms with E-state index in [0.717, 1.165) is 6.07 Å². The second kappa shape index (κ2) is 4.35. The first-order chi connectivity index (χ1) is 7.37. The van der Waals surface area contributed by atoms with E-state index < -0.39 is 12.2 Å². The molecule has 5 nitrogen and oxygen atoms in total. The summed E-state index contributed by atoms with van der Waals surface area (Å²) >= 11 is 0. The molecule has 1 aromatic heterocycles. The van der Waals surface area contributed by atoms with Crippen molar-refractivity contribution in [3.8, 4) is 5.88 Å². The highest BCUT2D eigenvalue weighted by Gasteiger charge is 2.32. The predicted molar refractivity (Wildman–Crippen MR) is 48.6 cm³/mol. The maximum atomic E-state index is 11.9. The van der Waals surface area contributed by atoms with Gasteiger partial charge in [-0.2, -0.15) is 0 Å². The number of hydrogen-bond donors (Lipinski definition) is 2. The topological polar surface area (TPSA) is 91.2 Å². The van der Waals surface area contributed by atoms with Gasteiger partial charge >= 0.3 is 6.36 Å². The van der Waals surface area contributed by atoms with E-state index in [0.29, 0.717) is 0 Å². The van der Waals surface area contributed by atoms with Crippen LogP contribution in [0.4, 0.5) is 18.9 Å². The Morgan fingerprint density at radius 2 is 2.12 bits per heavy atom. The average Bonchev–Trinajstić information content (AvgIpc) is 2.18. The number of aromatic nitrogens is 1. The first kappa shape index (κ1) is 12.2. The number of ether oxygens (including phenoxy) is 1. The molecule has 1 heterocycles. The molecule has 1 aromatic rings. The van der Waals surface area contributed by atoms with E-state index in [1.165, 1.54) is 0 Å². The minimum Gasteiger partial charge on any atom is -0.397 e. The largest absolute Gasteiger partial charge is 0.574 e. The van der Waals surface area contributed by atoms with Crippen molar-refractivity contribution in [1.82, 2.24) is 4.98 Å². The van der Waals surface area contributed by atoms with Gasteiger partial charge in [-0.3, -0.25) is 4.79 Å². The highest BCUT2D eigenvalue weighted by atomic mass is 19.4. The van der Waals surface area contributed by atoms with Crippen LogP contribution in [0.2, 0.25) is 0 Å². The van der Waals surface area contributed by atoms with Gasteiger partial charge in [0.1, 0.15) is 5.69 Å². The number of nitrogens with zero attached hydrogens (tertiary/aromatic N) is 1. The smallest absolute Gasteiger partial charge is 0.397 e. The number of anilines is 1. The molecule has 0 aliphatic rings. The summed E-state index contributed by atoms with van der Waals surface area (Å²) in [6.45, 7) is -0.122. The molecule has 0 aliphatic heterocycles. The van der Waals surface area contributed by atoms with Crippen LogP contribution in [-0.2, 0) is 6.54 Å². The summed E-state index contributed by atoms with van der Waals surface area (Å²) in [5.74, 6) is -0.760. The Morgan fingerprint density at radius 1 is 1.50 bits per heavy atom. The maximum absolute atomic E-state index is 11.9. The molecule has 0 fully saturated rings. The molecule has 0 aliphatic carbocycles. The molecule has 0 bridgehead atoms. The minimum atomic E-state index is -4.88. The molecule has 16 heavy (non-hydrogen) atoms. The van der Waals surface area contributed by atoms with Gasteiger partial charge in [0, 0.05) is 12.6 Å². The van der Waals surface area contributed by atoms with E-state index in [-0.39, 0.29) is 29.8 Å². The Morgan fingerprint density at radius 3 is 2.56 bits per heavy atom. The number of nitrogen functional groups attached to an aromatic ring is 1. The van der Waals surface area contributed by atoms with E-state index in [1.807, 2.05) is 0 Å². The molecule has 0 amide bonds. The van der Waals surface area contributed by atoms with Gasteiger partial charge in [-0.25, -0.2) is 4.98 Å². The summed E-state index contributed by atoms with van der Waals surface area (Å²) in [6.07, 6.45) is -4.65. The fraction of sp³-hybridized carbons (Fsp3) is 0.250. The highest BCUT2D eigenvalue weighted by Crippen LogP contribution is 2.25. The zero-order valence-electron chi connectivity index (χ0n) is 7.91. The van der Waals surface area contributed by atoms with Crippen LogP contribution in [0.5, 0.6) is 5.88 Å². The van der Waals surface area contributed by atoms with Gasteiger partial charge in [-0.15, -0.1) is 13.2 Å². The lowest BCUT2D eigenvalue weighted by Gasteiger charge is -2.11. The summed E-state index contributed by atoms with van der Waals surface area (Å²) in [7, 11) is 0. The zero-order valence-corrected chi connectivity index (χ0v) is 7.91. The van der Waals surface area contributed by atoms with Crippen molar-refractivity contribution in [3.63, 3.8) is 0 Å². The van der Waals surface area contributed by atoms with Crippen LogP contribution in [0, 0.1) is 0 Å². The molecule has 4 N–H and O–H groups in total. The van der Waals surface area contributed by atoms with Gasteiger partial charge < -0.3 is 16.2 Å². The first-order valence-corrected chi connectivity index (χ1v) is 4.07. The van der Waals surface area contributed by atoms with E-state index in [9.17, 15) is 18.0 Å². The lowest BCUT2D eigenvalue weighted by molar-refractivity contribution is -0.276. The molecular weight excluding hydrogens is 227 g/mol. The number of alkyl halides is 3. The molecule has 0 spiro atoms. The van der Waals surface area contributed by atoms with Crippen molar-refractivity contribution < 1.29 is 22.7 Å². The Bertz CT molecular complexity index is 406. The van der Waals surface area contributed by atoms with Crippen molar-refractivity contribution >= 4 is 12.0 Å². The molecule has 0 radical (unpaired) electrons. The van der Waals surface area contributed by atoms with E-state index in [1.54, 1.807) is 0 Å². The van der Waals surface area contributed by atoms with Gasteiger partial charge in [-0.05, 0) is 5.56 Å². The Balaban J connectivity index is 3.17. The van der Waals surface area contributed by atoms with Gasteiger partial charge in [0.15, 0.2) is 6.29 Å². The first-order valence-electron chi connectivity index (χ1n) is 4.07. The molecule has 0 aromatic carbocycles. The van der Waals surface area contributed by atoms with E-state index in [2.05, 4.69) is 9.72 Å². The summed E-state index contributed by atoms with van der Waals surface area (Å²) in [5, 5.41) is 0. The lowest BCUT2D eigenvalue weighted by Crippen LogP contribution is -2.19. The number of halogens is 3. The molecule has 0 unspecified atom stereocenters. The van der Waals surface area contributed by atoms with E-state index in [4.69, 9.17) is 11.5 Å². The average molecular weight is 235 g/mol. The number of aldehydes is 1. The van der Waals surface area contributed by atoms with Crippen LogP contribution >= 0.6 is 0 Å². The predicted octanol–water partition coefficient (Wildman–Crippen LogP) is 0.834. The third-order valence-electron chi connectivity index (χ3n) is 1.70. The summed E-state index contributed by atoms with van der Waals surface area (Å²) < 4.78 is 39.3. The Labute approximate surface area is 88.2 Å². The minimum absolute atomic E-state index is 0.0491. The number of nitrogens with two attached hydrogens (primary N) is 2. The molecule has 8 heteroatoms. The van der Waals surface area contributed by atoms with Gasteiger partial charge in [0.2, 0.25) is 5.88 Å². The van der Waals surface area contributed by atoms with Crippen molar-refractivity contribution in [2.45, 2.75) is 12.9 Å². The molecular formula is C8H8F3N3O2. The summed E-state index contributed by atoms with van der Waals surface area (Å²) in [6, 6.07) is 0.940. The van der Waals surface area contributed by atoms with Crippen LogP contribution < -0.4 is 16.2 Å². The standard InChI is InChI=1S/C8H8F3N3O2/c9-8(10,11)16-6-1-4(2-12)7(13)5(3-15)14-6/h1,3H,2,12-13H2. The molecule has 0 saturated carbocycles. The van der Waals surface area contributed by atoms with Crippen molar-refractivity contribution in [2.75, 3.05) is 5.73 Å². The van der Waals surface area contributed by atoms with Gasteiger partial charge in [0.05, 0.1) is 5.69 Å². The second-order valence-electron chi connectivity index (χ2n) is 2.79. The van der Waals surface area contributed by atoms with Gasteiger partial charge in [-0.1, -0.05) is 0 Å². The number of hydrogen-bond acceptors (Lipinski definition) is 5. The second-order valence-corrected chi connectivity index (χ2v) is 2.79. The maximum Gasteiger partial charge on any atom is 0.574 e. The van der Waals surface area contributed by atoms with Crippen LogP contribution in [0.1, 0.15) is 16.1 Å². The van der Waals surface area contributed by atoms with Crippen LogP contribution in [0.3, 0.4) is 0 Å². The van der Waals surface area contributed by atoms with Crippen molar-refractivity contribution in [3.05, 3.63) is 17.3 Å². The summed E-state index contributed by atoms with van der Waals surface area (Å²) in [4.78, 5) is 13.8. The fourth-order valence-corrected chi connectivity index (χ4v) is 1.03. The molecule has 0 saturated heterocycles. The quantitative estimate of drug-likeness (QED) is 0.757. The van der Waals surface area contributed by atoms with Crippen LogP contribution in [0.25, 0.3) is 0 Å². The number of carbonyl (C=O) groups is 1.